The molecule has 9 nitrogen and oxygen atoms in total. The molecule has 0 heterocycles. The van der Waals surface area contributed by atoms with Gasteiger partial charge in [-0.3, -0.25) is 4.52 Å². The van der Waals surface area contributed by atoms with Crippen molar-refractivity contribution in [2.24, 2.45) is 0 Å². The Morgan fingerprint density at radius 3 is 2.12 bits per heavy atom. The molecule has 0 rings (SSSR count). The minimum Gasteiger partial charge on any atom is -0.388 e. The number of aldehydes is 1. The van der Waals surface area contributed by atoms with Crippen molar-refractivity contribution in [2.75, 3.05) is 13.7 Å². The summed E-state index contributed by atoms with van der Waals surface area (Å²) in [6, 6.07) is 0. The van der Waals surface area contributed by atoms with Crippen LogP contribution in [0.3, 0.4) is 0 Å². The molecule has 0 saturated carbocycles. The number of aliphatic hydroxyl groups is 3. The van der Waals surface area contributed by atoms with Crippen LogP contribution in [0.25, 0.3) is 0 Å². The minimum absolute atomic E-state index is 0.213. The van der Waals surface area contributed by atoms with Gasteiger partial charge in [0.05, 0.1) is 6.61 Å². The second-order valence-corrected chi connectivity index (χ2v) is 4.41. The van der Waals surface area contributed by atoms with Crippen LogP contribution in [0.1, 0.15) is 0 Å². The molecule has 0 aliphatic heterocycles. The van der Waals surface area contributed by atoms with E-state index in [1.54, 1.807) is 0 Å². The summed E-state index contributed by atoms with van der Waals surface area (Å²) in [7, 11) is -3.68. The molecule has 0 spiro atoms. The van der Waals surface area contributed by atoms with E-state index in [0.29, 0.717) is 0 Å². The highest BCUT2D eigenvalue weighted by molar-refractivity contribution is 7.46. The highest BCUT2D eigenvalue weighted by Crippen LogP contribution is 2.35. The summed E-state index contributed by atoms with van der Waals surface area (Å²) >= 11 is 0. The van der Waals surface area contributed by atoms with Crippen LogP contribution < -0.4 is 0 Å². The maximum absolute atomic E-state index is 10.4. The number of phosphoric acid groups is 1. The number of phosphoric ester groups is 1. The van der Waals surface area contributed by atoms with Gasteiger partial charge in [0.15, 0.2) is 6.29 Å². The van der Waals surface area contributed by atoms with Crippen LogP contribution in [0.15, 0.2) is 0 Å². The number of hydrogen-bond acceptors (Lipinski definition) is 7. The van der Waals surface area contributed by atoms with Gasteiger partial charge in [-0.05, 0) is 0 Å². The summed E-state index contributed by atoms with van der Waals surface area (Å²) in [5, 5.41) is 27.9. The molecule has 0 unspecified atom stereocenters. The van der Waals surface area contributed by atoms with E-state index in [-0.39, 0.29) is 6.29 Å². The third kappa shape index (κ3) is 6.20. The van der Waals surface area contributed by atoms with E-state index >= 15 is 0 Å². The van der Waals surface area contributed by atoms with Crippen molar-refractivity contribution in [1.82, 2.24) is 0 Å². The molecule has 10 heteroatoms. The fourth-order valence-electron chi connectivity index (χ4n) is 0.969. The summed E-state index contributed by atoms with van der Waals surface area (Å²) in [5.74, 6) is 0. The van der Waals surface area contributed by atoms with Crippen LogP contribution in [0.2, 0.25) is 0 Å². The zero-order chi connectivity index (χ0) is 13.6. The monoisotopic (exact) mass is 274 g/mol. The van der Waals surface area contributed by atoms with Crippen LogP contribution >= 0.6 is 7.82 Å². The van der Waals surface area contributed by atoms with Gasteiger partial charge in [-0.15, -0.1) is 0 Å². The Balaban J connectivity index is 4.33. The fraction of sp³-hybridized carbons (Fsp3) is 0.857. The van der Waals surface area contributed by atoms with E-state index in [1.807, 2.05) is 0 Å². The molecule has 0 saturated heterocycles. The smallest absolute Gasteiger partial charge is 0.388 e. The minimum atomic E-state index is -4.78. The lowest BCUT2D eigenvalue weighted by atomic mass is 10.0. The third-order valence-corrected chi connectivity index (χ3v) is 2.39. The zero-order valence-electron chi connectivity index (χ0n) is 8.91. The number of carbonyl (C=O) groups is 1. The van der Waals surface area contributed by atoms with Gasteiger partial charge in [-0.25, -0.2) is 4.57 Å². The van der Waals surface area contributed by atoms with Crippen LogP contribution in [0.5, 0.6) is 0 Å². The van der Waals surface area contributed by atoms with E-state index in [9.17, 15) is 24.7 Å². The highest BCUT2D eigenvalue weighted by Gasteiger charge is 2.32. The molecule has 102 valence electrons. The maximum Gasteiger partial charge on any atom is 0.469 e. The molecule has 0 radical (unpaired) electrons. The van der Waals surface area contributed by atoms with Crippen molar-refractivity contribution in [3.8, 4) is 0 Å². The lowest BCUT2D eigenvalue weighted by Crippen LogP contribution is -2.47. The molecule has 0 aliphatic rings. The Hall–Kier alpha value is -0.380. The lowest BCUT2D eigenvalue weighted by Gasteiger charge is -2.25. The first-order chi connectivity index (χ1) is 7.72. The first-order valence-electron chi connectivity index (χ1n) is 4.45. The summed E-state index contributed by atoms with van der Waals surface area (Å²) in [6.45, 7) is -0.905. The van der Waals surface area contributed by atoms with Gasteiger partial charge in [0, 0.05) is 7.11 Å². The maximum atomic E-state index is 10.4. The summed E-state index contributed by atoms with van der Waals surface area (Å²) in [5.41, 5.74) is 0. The van der Waals surface area contributed by atoms with Crippen molar-refractivity contribution in [1.29, 1.82) is 0 Å². The van der Waals surface area contributed by atoms with E-state index in [1.165, 1.54) is 0 Å². The second-order valence-electron chi connectivity index (χ2n) is 3.17. The zero-order valence-corrected chi connectivity index (χ0v) is 9.80. The predicted octanol–water partition coefficient (Wildman–Crippen LogP) is -2.61. The van der Waals surface area contributed by atoms with Crippen molar-refractivity contribution in [3.63, 3.8) is 0 Å². The van der Waals surface area contributed by atoms with Crippen molar-refractivity contribution < 1.29 is 43.7 Å². The van der Waals surface area contributed by atoms with Crippen LogP contribution in [0, 0.1) is 0 Å². The van der Waals surface area contributed by atoms with Gasteiger partial charge in [0.25, 0.3) is 0 Å². The average Bonchev–Trinajstić information content (AvgIpc) is 2.25. The van der Waals surface area contributed by atoms with Crippen LogP contribution in [-0.4, -0.2) is 69.5 Å². The molecule has 0 aliphatic carbocycles. The van der Waals surface area contributed by atoms with Crippen LogP contribution in [-0.2, 0) is 18.6 Å². The van der Waals surface area contributed by atoms with Crippen molar-refractivity contribution in [3.05, 3.63) is 0 Å². The van der Waals surface area contributed by atoms with Gasteiger partial charge in [0.1, 0.15) is 24.4 Å². The summed E-state index contributed by atoms with van der Waals surface area (Å²) in [4.78, 5) is 27.1. The van der Waals surface area contributed by atoms with Crippen molar-refractivity contribution in [2.45, 2.75) is 24.4 Å². The predicted molar refractivity (Wildman–Crippen MR) is 52.9 cm³/mol. The summed E-state index contributed by atoms with van der Waals surface area (Å²) < 4.78 is 18.7. The summed E-state index contributed by atoms with van der Waals surface area (Å²) in [6.07, 6.45) is -6.53. The highest BCUT2D eigenvalue weighted by atomic mass is 31.2. The quantitative estimate of drug-likeness (QED) is 0.236. The Bertz CT molecular complexity index is 277. The largest absolute Gasteiger partial charge is 0.469 e. The van der Waals surface area contributed by atoms with E-state index in [4.69, 9.17) is 9.79 Å². The molecule has 0 amide bonds. The molecular formula is C7H15O9P. The van der Waals surface area contributed by atoms with Crippen molar-refractivity contribution >= 4 is 14.1 Å². The van der Waals surface area contributed by atoms with Gasteiger partial charge >= 0.3 is 7.82 Å². The molecule has 0 aromatic rings. The van der Waals surface area contributed by atoms with E-state index in [0.717, 1.165) is 7.11 Å². The molecule has 0 aromatic carbocycles. The Morgan fingerprint density at radius 1 is 1.24 bits per heavy atom. The van der Waals surface area contributed by atoms with Gasteiger partial charge in [0.2, 0.25) is 0 Å². The molecule has 17 heavy (non-hydrogen) atoms. The standard InChI is InChI=1S/C7H15O9P/c1-15-5(2-8)7(11)6(10)4(9)3-16-17(12,13)14/h2,4-7,9-11H,3H2,1H3,(H2,12,13,14)/t4-,5+,6-,7-/m1/s1. The topological polar surface area (TPSA) is 154 Å². The lowest BCUT2D eigenvalue weighted by molar-refractivity contribution is -0.140. The third-order valence-electron chi connectivity index (χ3n) is 1.90. The second kappa shape index (κ2) is 7.14. The van der Waals surface area contributed by atoms with Gasteiger partial charge < -0.3 is 34.6 Å². The number of hydrogen-bond donors (Lipinski definition) is 5. The fourth-order valence-corrected chi connectivity index (χ4v) is 1.32. The molecular weight excluding hydrogens is 259 g/mol. The number of rotatable bonds is 8. The Morgan fingerprint density at radius 2 is 1.76 bits per heavy atom. The normalized spacial score (nSPS) is 19.4. The molecule has 0 bridgehead atoms. The van der Waals surface area contributed by atoms with Gasteiger partial charge in [-0.1, -0.05) is 0 Å². The first kappa shape index (κ1) is 16.6. The number of ether oxygens (including phenoxy) is 1. The van der Waals surface area contributed by atoms with Gasteiger partial charge in [-0.2, -0.15) is 0 Å². The van der Waals surface area contributed by atoms with E-state index in [2.05, 4.69) is 9.26 Å². The number of carbonyl (C=O) groups excluding carboxylic acids is 1. The van der Waals surface area contributed by atoms with Crippen LogP contribution in [0.4, 0.5) is 0 Å². The first-order valence-corrected chi connectivity index (χ1v) is 5.98. The average molecular weight is 274 g/mol. The molecule has 5 N–H and O–H groups in total. The molecule has 0 fully saturated rings. The molecule has 4 atom stereocenters. The SMILES string of the molecule is CO[C@@H](C=O)[C@@H](O)[C@H](O)[C@H](O)COP(=O)(O)O. The number of aliphatic hydroxyl groups excluding tert-OH is 3. The Labute approximate surface area is 96.8 Å². The molecule has 0 aromatic heterocycles. The Kier molecular flexibility index (Phi) is 6.98. The van der Waals surface area contributed by atoms with E-state index < -0.39 is 38.8 Å². The number of methoxy groups -OCH3 is 1.